The van der Waals surface area contributed by atoms with E-state index in [9.17, 15) is 14.4 Å². The first-order valence-corrected chi connectivity index (χ1v) is 9.97. The molecule has 0 spiro atoms. The number of ether oxygens (including phenoxy) is 1. The van der Waals surface area contributed by atoms with E-state index in [0.29, 0.717) is 18.7 Å². The van der Waals surface area contributed by atoms with Gasteiger partial charge < -0.3 is 15.0 Å². The molecule has 3 rings (SSSR count). The van der Waals surface area contributed by atoms with E-state index in [4.69, 9.17) is 4.74 Å². The molecule has 0 saturated carbocycles. The Morgan fingerprint density at radius 2 is 1.76 bits per heavy atom. The molecule has 0 aliphatic carbocycles. The molecule has 152 valence electrons. The number of hydrogen-bond donors (Lipinski definition) is 1. The Hall–Kier alpha value is -3.15. The highest BCUT2D eigenvalue weighted by Gasteiger charge is 2.23. The molecule has 2 amide bonds. The summed E-state index contributed by atoms with van der Waals surface area (Å²) >= 11 is 0. The van der Waals surface area contributed by atoms with Crippen molar-refractivity contribution in [1.29, 1.82) is 0 Å². The first-order valence-electron chi connectivity index (χ1n) is 9.97. The molecule has 0 radical (unpaired) electrons. The van der Waals surface area contributed by atoms with Crippen molar-refractivity contribution in [2.75, 3.05) is 18.4 Å². The van der Waals surface area contributed by atoms with Gasteiger partial charge in [0.2, 0.25) is 5.91 Å². The van der Waals surface area contributed by atoms with Crippen molar-refractivity contribution in [3.8, 4) is 11.1 Å². The number of esters is 1. The lowest BCUT2D eigenvalue weighted by molar-refractivity contribution is -0.156. The van der Waals surface area contributed by atoms with Crippen LogP contribution in [0.4, 0.5) is 5.69 Å². The summed E-state index contributed by atoms with van der Waals surface area (Å²) in [5, 5.41) is 2.84. The highest BCUT2D eigenvalue weighted by molar-refractivity contribution is 5.98. The van der Waals surface area contributed by atoms with Gasteiger partial charge in [0.05, 0.1) is 0 Å². The number of rotatable bonds is 6. The first kappa shape index (κ1) is 20.6. The second-order valence-electron chi connectivity index (χ2n) is 7.16. The Bertz CT molecular complexity index is 866. The highest BCUT2D eigenvalue weighted by atomic mass is 16.5. The van der Waals surface area contributed by atoms with Gasteiger partial charge in [0.1, 0.15) is 6.54 Å². The molecule has 1 fully saturated rings. The van der Waals surface area contributed by atoms with Gasteiger partial charge in [-0.25, -0.2) is 0 Å². The molecule has 1 aliphatic rings. The minimum Gasteiger partial charge on any atom is -0.451 e. The summed E-state index contributed by atoms with van der Waals surface area (Å²) < 4.78 is 5.28. The van der Waals surface area contributed by atoms with E-state index in [2.05, 4.69) is 5.32 Å². The summed E-state index contributed by atoms with van der Waals surface area (Å²) in [5.41, 5.74) is 2.51. The number of anilines is 1. The van der Waals surface area contributed by atoms with Crippen LogP contribution in [-0.2, 0) is 19.1 Å². The first-order chi connectivity index (χ1) is 14.0. The summed E-state index contributed by atoms with van der Waals surface area (Å²) in [6, 6.07) is 17.2. The Kier molecular flexibility index (Phi) is 7.00. The minimum absolute atomic E-state index is 0.0339. The van der Waals surface area contributed by atoms with Gasteiger partial charge in [-0.15, -0.1) is 0 Å². The van der Waals surface area contributed by atoms with E-state index < -0.39 is 18.0 Å². The van der Waals surface area contributed by atoms with E-state index in [1.165, 1.54) is 11.8 Å². The van der Waals surface area contributed by atoms with Gasteiger partial charge in [0, 0.05) is 24.2 Å². The van der Waals surface area contributed by atoms with Crippen LogP contribution in [0.15, 0.2) is 54.6 Å². The largest absolute Gasteiger partial charge is 0.451 e. The van der Waals surface area contributed by atoms with E-state index in [1.54, 1.807) is 0 Å². The van der Waals surface area contributed by atoms with Gasteiger partial charge in [-0.1, -0.05) is 55.0 Å². The summed E-state index contributed by atoms with van der Waals surface area (Å²) in [6.45, 7) is 1.97. The predicted molar refractivity (Wildman–Crippen MR) is 111 cm³/mol. The van der Waals surface area contributed by atoms with Crippen LogP contribution in [-0.4, -0.2) is 41.9 Å². The van der Waals surface area contributed by atoms with Gasteiger partial charge in [-0.05, 0) is 31.4 Å². The Balaban J connectivity index is 1.60. The normalized spacial score (nSPS) is 15.3. The lowest BCUT2D eigenvalue weighted by Crippen LogP contribution is -2.38. The average Bonchev–Trinajstić information content (AvgIpc) is 2.93. The van der Waals surface area contributed by atoms with Gasteiger partial charge in [0.15, 0.2) is 6.10 Å². The summed E-state index contributed by atoms with van der Waals surface area (Å²) in [6.07, 6.45) is 2.21. The zero-order valence-corrected chi connectivity index (χ0v) is 16.6. The molecule has 6 nitrogen and oxygen atoms in total. The molecule has 29 heavy (non-hydrogen) atoms. The van der Waals surface area contributed by atoms with Crippen molar-refractivity contribution in [2.45, 2.75) is 38.7 Å². The fourth-order valence-electron chi connectivity index (χ4n) is 3.35. The third-order valence-electron chi connectivity index (χ3n) is 4.94. The smallest absolute Gasteiger partial charge is 0.326 e. The summed E-state index contributed by atoms with van der Waals surface area (Å²) in [7, 11) is 0. The summed E-state index contributed by atoms with van der Waals surface area (Å²) in [4.78, 5) is 38.3. The van der Waals surface area contributed by atoms with Crippen LogP contribution < -0.4 is 5.32 Å². The number of hydrogen-bond acceptors (Lipinski definition) is 4. The SMILES string of the molecule is C[C@H](OC(=O)CN1CCCCCC1=O)C(=O)Nc1ccccc1-c1ccccc1. The number of nitrogens with zero attached hydrogens (tertiary/aromatic N) is 1. The van der Waals surface area contributed by atoms with Crippen molar-refractivity contribution in [3.05, 3.63) is 54.6 Å². The molecule has 0 unspecified atom stereocenters. The molecule has 1 atom stereocenters. The number of nitrogens with one attached hydrogen (secondary N) is 1. The van der Waals surface area contributed by atoms with Crippen molar-refractivity contribution in [3.63, 3.8) is 0 Å². The molecule has 1 saturated heterocycles. The molecule has 0 bridgehead atoms. The van der Waals surface area contributed by atoms with Gasteiger partial charge in [0.25, 0.3) is 5.91 Å². The van der Waals surface area contributed by atoms with Gasteiger partial charge >= 0.3 is 5.97 Å². The Labute approximate surface area is 170 Å². The monoisotopic (exact) mass is 394 g/mol. The third-order valence-corrected chi connectivity index (χ3v) is 4.94. The third kappa shape index (κ3) is 5.67. The van der Waals surface area contributed by atoms with Crippen LogP contribution in [0.25, 0.3) is 11.1 Å². The van der Waals surface area contributed by atoms with Gasteiger partial charge in [-0.3, -0.25) is 14.4 Å². The fourth-order valence-corrected chi connectivity index (χ4v) is 3.35. The van der Waals surface area contributed by atoms with Crippen LogP contribution in [0, 0.1) is 0 Å². The molecule has 2 aromatic carbocycles. The number of likely N-dealkylation sites (tertiary alicyclic amines) is 1. The zero-order chi connectivity index (χ0) is 20.6. The molecule has 2 aromatic rings. The van der Waals surface area contributed by atoms with E-state index in [-0.39, 0.29) is 12.5 Å². The van der Waals surface area contributed by atoms with Crippen molar-refractivity contribution >= 4 is 23.5 Å². The number of para-hydroxylation sites is 1. The molecular formula is C23H26N2O4. The lowest BCUT2D eigenvalue weighted by Gasteiger charge is -2.21. The number of carbonyl (C=O) groups excluding carboxylic acids is 3. The van der Waals surface area contributed by atoms with Gasteiger partial charge in [-0.2, -0.15) is 0 Å². The average molecular weight is 394 g/mol. The van der Waals surface area contributed by atoms with Crippen molar-refractivity contribution < 1.29 is 19.1 Å². The number of benzene rings is 2. The lowest BCUT2D eigenvalue weighted by atomic mass is 10.0. The summed E-state index contributed by atoms with van der Waals surface area (Å²) in [5.74, 6) is -1.02. The van der Waals surface area contributed by atoms with Crippen molar-refractivity contribution in [1.82, 2.24) is 4.90 Å². The van der Waals surface area contributed by atoms with Crippen molar-refractivity contribution in [2.24, 2.45) is 0 Å². The van der Waals surface area contributed by atoms with E-state index in [1.807, 2.05) is 54.6 Å². The maximum Gasteiger partial charge on any atom is 0.326 e. The fraction of sp³-hybridized carbons (Fsp3) is 0.348. The highest BCUT2D eigenvalue weighted by Crippen LogP contribution is 2.27. The standard InChI is InChI=1S/C23H26N2O4/c1-17(29-22(27)16-25-15-9-3-6-14-21(25)26)23(28)24-20-13-8-7-12-19(20)18-10-4-2-5-11-18/h2,4-5,7-8,10-13,17H,3,6,9,14-16H2,1H3,(H,24,28)/t17-/m0/s1. The molecule has 1 N–H and O–H groups in total. The van der Waals surface area contributed by atoms with Crippen LogP contribution in [0.3, 0.4) is 0 Å². The second-order valence-corrected chi connectivity index (χ2v) is 7.16. The molecule has 1 heterocycles. The quantitative estimate of drug-likeness (QED) is 0.759. The van der Waals surface area contributed by atoms with Crippen LogP contribution in [0.1, 0.15) is 32.6 Å². The van der Waals surface area contributed by atoms with Crippen LogP contribution in [0.5, 0.6) is 0 Å². The zero-order valence-electron chi connectivity index (χ0n) is 16.6. The maximum absolute atomic E-state index is 12.6. The Morgan fingerprint density at radius 1 is 1.03 bits per heavy atom. The van der Waals surface area contributed by atoms with E-state index in [0.717, 1.165) is 30.4 Å². The molecule has 6 heteroatoms. The predicted octanol–water partition coefficient (Wildman–Crippen LogP) is 3.63. The van der Waals surface area contributed by atoms with E-state index >= 15 is 0 Å². The number of carbonyl (C=O) groups is 3. The molecule has 1 aliphatic heterocycles. The molecule has 0 aromatic heterocycles. The molecular weight excluding hydrogens is 368 g/mol. The number of amides is 2. The minimum atomic E-state index is -0.964. The van der Waals surface area contributed by atoms with Crippen LogP contribution in [0.2, 0.25) is 0 Å². The second kappa shape index (κ2) is 9.87. The van der Waals surface area contributed by atoms with Crippen LogP contribution >= 0.6 is 0 Å². The Morgan fingerprint density at radius 3 is 2.55 bits per heavy atom. The maximum atomic E-state index is 12.6. The topological polar surface area (TPSA) is 75.7 Å².